The number of aliphatic imine (C=N–C) groups is 1. The van der Waals surface area contributed by atoms with Crippen LogP contribution in [0.1, 0.15) is 18.4 Å². The average Bonchev–Trinajstić information content (AvgIpc) is 2.67. The zero-order chi connectivity index (χ0) is 20.2. The van der Waals surface area contributed by atoms with Gasteiger partial charge in [0.15, 0.2) is 5.96 Å². The minimum absolute atomic E-state index is 0. The van der Waals surface area contributed by atoms with Gasteiger partial charge in [-0.05, 0) is 31.0 Å². The minimum atomic E-state index is -4.72. The van der Waals surface area contributed by atoms with Gasteiger partial charge in [-0.3, -0.25) is 4.99 Å². The van der Waals surface area contributed by atoms with Gasteiger partial charge in [-0.25, -0.2) is 4.98 Å². The first-order valence-corrected chi connectivity index (χ1v) is 8.91. The van der Waals surface area contributed by atoms with Crippen molar-refractivity contribution in [1.29, 1.82) is 0 Å². The van der Waals surface area contributed by atoms with E-state index in [0.29, 0.717) is 18.1 Å². The molecule has 2 rings (SSSR count). The molecule has 6 nitrogen and oxygen atoms in total. The monoisotopic (exact) mass is 523 g/mol. The van der Waals surface area contributed by atoms with Crippen molar-refractivity contribution < 1.29 is 17.9 Å². The van der Waals surface area contributed by atoms with Crippen molar-refractivity contribution in [2.24, 2.45) is 4.99 Å². The molecular weight excluding hydrogens is 498 g/mol. The fourth-order valence-corrected chi connectivity index (χ4v) is 2.41. The van der Waals surface area contributed by atoms with E-state index >= 15 is 0 Å². The molecule has 0 bridgehead atoms. The molecule has 1 aromatic carbocycles. The van der Waals surface area contributed by atoms with Crippen molar-refractivity contribution in [2.75, 3.05) is 25.5 Å². The lowest BCUT2D eigenvalue weighted by atomic mass is 10.2. The molecule has 2 aromatic rings. The number of hydrogen-bond acceptors (Lipinski definition) is 4. The fourth-order valence-electron chi connectivity index (χ4n) is 2.41. The SMILES string of the molecule is CN=C(NCCCCNc1ccccn1)NCc1ccccc1OC(F)(F)F.I. The van der Waals surface area contributed by atoms with Crippen LogP contribution < -0.4 is 20.7 Å². The molecule has 3 N–H and O–H groups in total. The number of para-hydroxylation sites is 1. The van der Waals surface area contributed by atoms with Crippen LogP contribution in [0.4, 0.5) is 19.0 Å². The molecule has 1 heterocycles. The number of anilines is 1. The summed E-state index contributed by atoms with van der Waals surface area (Å²) in [7, 11) is 1.61. The van der Waals surface area contributed by atoms with Gasteiger partial charge >= 0.3 is 6.36 Å². The summed E-state index contributed by atoms with van der Waals surface area (Å²) in [6.45, 7) is 1.64. The maximum atomic E-state index is 12.5. The van der Waals surface area contributed by atoms with Crippen LogP contribution in [0.2, 0.25) is 0 Å². The summed E-state index contributed by atoms with van der Waals surface area (Å²) in [5.74, 6) is 1.13. The number of guanidine groups is 1. The Hall–Kier alpha value is -2.24. The molecule has 29 heavy (non-hydrogen) atoms. The Labute approximate surface area is 185 Å². The van der Waals surface area contributed by atoms with E-state index in [-0.39, 0.29) is 36.3 Å². The van der Waals surface area contributed by atoms with Crippen LogP contribution in [0.25, 0.3) is 0 Å². The molecule has 0 unspecified atom stereocenters. The number of alkyl halides is 3. The Kier molecular flexibility index (Phi) is 11.2. The lowest BCUT2D eigenvalue weighted by Crippen LogP contribution is -2.37. The highest BCUT2D eigenvalue weighted by atomic mass is 127. The molecule has 10 heteroatoms. The first-order valence-electron chi connectivity index (χ1n) is 8.91. The summed E-state index contributed by atoms with van der Waals surface area (Å²) in [6.07, 6.45) is -1.16. The molecule has 1 aromatic heterocycles. The van der Waals surface area contributed by atoms with Crippen molar-refractivity contribution in [1.82, 2.24) is 15.6 Å². The molecule has 160 valence electrons. The zero-order valence-corrected chi connectivity index (χ0v) is 18.3. The number of hydrogen-bond donors (Lipinski definition) is 3. The topological polar surface area (TPSA) is 70.6 Å². The minimum Gasteiger partial charge on any atom is -0.405 e. The van der Waals surface area contributed by atoms with E-state index in [1.54, 1.807) is 25.4 Å². The smallest absolute Gasteiger partial charge is 0.405 e. The highest BCUT2D eigenvalue weighted by Crippen LogP contribution is 2.25. The number of benzene rings is 1. The molecule has 0 spiro atoms. The number of ether oxygens (including phenoxy) is 1. The molecule has 0 atom stereocenters. The van der Waals surface area contributed by atoms with Crippen molar-refractivity contribution >= 4 is 35.8 Å². The molecule has 0 aliphatic rings. The largest absolute Gasteiger partial charge is 0.573 e. The second kappa shape index (κ2) is 13.1. The van der Waals surface area contributed by atoms with Crippen molar-refractivity contribution in [3.05, 3.63) is 54.2 Å². The van der Waals surface area contributed by atoms with E-state index < -0.39 is 6.36 Å². The van der Waals surface area contributed by atoms with Gasteiger partial charge in [-0.15, -0.1) is 37.1 Å². The molecule has 0 saturated carbocycles. The van der Waals surface area contributed by atoms with E-state index in [1.807, 2.05) is 18.2 Å². The summed E-state index contributed by atoms with van der Waals surface area (Å²) in [6, 6.07) is 11.7. The molecule has 0 saturated heterocycles. The van der Waals surface area contributed by atoms with Gasteiger partial charge in [-0.2, -0.15) is 0 Å². The van der Waals surface area contributed by atoms with E-state index in [4.69, 9.17) is 0 Å². The number of nitrogens with zero attached hydrogens (tertiary/aromatic N) is 2. The second-order valence-electron chi connectivity index (χ2n) is 5.86. The Balaban J connectivity index is 0.00000420. The van der Waals surface area contributed by atoms with Crippen LogP contribution in [0.5, 0.6) is 5.75 Å². The molecular formula is C19H25F3IN5O. The summed E-state index contributed by atoms with van der Waals surface area (Å²) in [5.41, 5.74) is 0.391. The van der Waals surface area contributed by atoms with Gasteiger partial charge in [0.25, 0.3) is 0 Å². The van der Waals surface area contributed by atoms with Crippen molar-refractivity contribution in [2.45, 2.75) is 25.7 Å². The van der Waals surface area contributed by atoms with E-state index in [0.717, 1.165) is 25.2 Å². The summed E-state index contributed by atoms with van der Waals surface area (Å²) < 4.78 is 41.5. The molecule has 0 radical (unpaired) electrons. The third kappa shape index (κ3) is 10.2. The van der Waals surface area contributed by atoms with Crippen molar-refractivity contribution in [3.63, 3.8) is 0 Å². The Bertz CT molecular complexity index is 744. The fraction of sp³-hybridized carbons (Fsp3) is 0.368. The van der Waals surface area contributed by atoms with Gasteiger partial charge in [-0.1, -0.05) is 24.3 Å². The average molecular weight is 523 g/mol. The number of aromatic nitrogens is 1. The van der Waals surface area contributed by atoms with E-state index in [2.05, 4.69) is 30.7 Å². The summed E-state index contributed by atoms with van der Waals surface area (Å²) >= 11 is 0. The molecule has 0 fully saturated rings. The Morgan fingerprint density at radius 1 is 1.03 bits per heavy atom. The molecule has 0 amide bonds. The van der Waals surface area contributed by atoms with Gasteiger partial charge in [0.05, 0.1) is 0 Å². The number of pyridine rings is 1. The first kappa shape index (κ1) is 24.8. The third-order valence-electron chi connectivity index (χ3n) is 3.74. The number of unbranched alkanes of at least 4 members (excludes halogenated alkanes) is 1. The maximum Gasteiger partial charge on any atom is 0.573 e. The first-order chi connectivity index (χ1) is 13.5. The normalized spacial score (nSPS) is 11.4. The van der Waals surface area contributed by atoms with E-state index in [9.17, 15) is 13.2 Å². The quantitative estimate of drug-likeness (QED) is 0.200. The lowest BCUT2D eigenvalue weighted by Gasteiger charge is -2.15. The highest BCUT2D eigenvalue weighted by Gasteiger charge is 2.31. The lowest BCUT2D eigenvalue weighted by molar-refractivity contribution is -0.274. The van der Waals surface area contributed by atoms with Crippen LogP contribution in [-0.4, -0.2) is 37.4 Å². The predicted molar refractivity (Wildman–Crippen MR) is 119 cm³/mol. The summed E-state index contributed by atoms with van der Waals surface area (Å²) in [4.78, 5) is 8.26. The second-order valence-corrected chi connectivity index (χ2v) is 5.86. The number of rotatable bonds is 9. The zero-order valence-electron chi connectivity index (χ0n) is 16.0. The number of nitrogens with one attached hydrogen (secondary N) is 3. The third-order valence-corrected chi connectivity index (χ3v) is 3.74. The van der Waals surface area contributed by atoms with Gasteiger partial charge in [0.1, 0.15) is 11.6 Å². The van der Waals surface area contributed by atoms with Gasteiger partial charge in [0.2, 0.25) is 0 Å². The van der Waals surface area contributed by atoms with Gasteiger partial charge in [0, 0.05) is 38.4 Å². The van der Waals surface area contributed by atoms with Gasteiger partial charge < -0.3 is 20.7 Å². The molecule has 0 aliphatic carbocycles. The molecule has 0 aliphatic heterocycles. The van der Waals surface area contributed by atoms with Crippen LogP contribution in [0.3, 0.4) is 0 Å². The van der Waals surface area contributed by atoms with Crippen LogP contribution in [0.15, 0.2) is 53.7 Å². The standard InChI is InChI=1S/C19H24F3N5O.HI/c1-23-18(26-13-7-6-12-25-17-10-4-5-11-24-17)27-14-15-8-2-3-9-16(15)28-19(20,21)22;/h2-5,8-11H,6-7,12-14H2,1H3,(H,24,25)(H2,23,26,27);1H. The van der Waals surface area contributed by atoms with E-state index in [1.165, 1.54) is 12.1 Å². The highest BCUT2D eigenvalue weighted by molar-refractivity contribution is 14.0. The predicted octanol–water partition coefficient (Wildman–Crippen LogP) is 4.16. The number of halogens is 4. The van der Waals surface area contributed by atoms with Crippen LogP contribution in [0, 0.1) is 0 Å². The van der Waals surface area contributed by atoms with Crippen molar-refractivity contribution in [3.8, 4) is 5.75 Å². The maximum absolute atomic E-state index is 12.5. The van der Waals surface area contributed by atoms with Crippen LogP contribution >= 0.6 is 24.0 Å². The Morgan fingerprint density at radius 2 is 1.76 bits per heavy atom. The Morgan fingerprint density at radius 3 is 2.45 bits per heavy atom. The van der Waals surface area contributed by atoms with Crippen LogP contribution in [-0.2, 0) is 6.54 Å². The summed E-state index contributed by atoms with van der Waals surface area (Å²) in [5, 5.41) is 9.36.